The third-order valence-electron chi connectivity index (χ3n) is 5.26. The van der Waals surface area contributed by atoms with Gasteiger partial charge in [0, 0.05) is 27.2 Å². The number of halogens is 2. The van der Waals surface area contributed by atoms with Gasteiger partial charge < -0.3 is 10.2 Å². The molecule has 0 fully saturated rings. The second-order valence-corrected chi connectivity index (χ2v) is 10.8. The van der Waals surface area contributed by atoms with Crippen LogP contribution in [0.3, 0.4) is 0 Å². The summed E-state index contributed by atoms with van der Waals surface area (Å²) in [4.78, 5) is 27.5. The molecule has 0 aliphatic rings. The maximum Gasteiger partial charge on any atom is 0.304 e. The van der Waals surface area contributed by atoms with Gasteiger partial charge in [-0.2, -0.15) is 12.7 Å². The molecule has 0 saturated carbocycles. The molecule has 2 rings (SSSR count). The number of carbonyl (C=O) groups excluding carboxylic acids is 2. The van der Waals surface area contributed by atoms with E-state index in [1.165, 1.54) is 68.4 Å². The zero-order valence-corrected chi connectivity index (χ0v) is 21.4. The maximum atomic E-state index is 14.6. The third kappa shape index (κ3) is 7.46. The largest absolute Gasteiger partial charge is 0.354 e. The van der Waals surface area contributed by atoms with E-state index < -0.39 is 46.2 Å². The molecule has 0 radical (unpaired) electrons. The van der Waals surface area contributed by atoms with Gasteiger partial charge in [-0.05, 0) is 42.7 Å². The van der Waals surface area contributed by atoms with Crippen molar-refractivity contribution in [3.63, 3.8) is 0 Å². The van der Waals surface area contributed by atoms with E-state index in [0.29, 0.717) is 16.4 Å². The average molecular weight is 511 g/mol. The molecule has 0 spiro atoms. The highest BCUT2D eigenvalue weighted by Gasteiger charge is 2.33. The molecular formula is C24H32F2N4O4S. The molecule has 0 saturated heterocycles. The minimum absolute atomic E-state index is 0.0809. The molecular weight excluding hydrogens is 478 g/mol. The summed E-state index contributed by atoms with van der Waals surface area (Å²) in [7, 11) is -1.72. The number of benzene rings is 2. The highest BCUT2D eigenvalue weighted by atomic mass is 32.2. The van der Waals surface area contributed by atoms with Crippen molar-refractivity contribution in [2.24, 2.45) is 5.92 Å². The van der Waals surface area contributed by atoms with Crippen LogP contribution in [0.25, 0.3) is 0 Å². The fourth-order valence-corrected chi connectivity index (χ4v) is 4.24. The van der Waals surface area contributed by atoms with Crippen LogP contribution in [0.4, 0.5) is 14.5 Å². The summed E-state index contributed by atoms with van der Waals surface area (Å²) >= 11 is 0. The summed E-state index contributed by atoms with van der Waals surface area (Å²) in [6.45, 7) is 4.92. The Labute approximate surface area is 205 Å². The molecule has 2 aromatic rings. The quantitative estimate of drug-likeness (QED) is 0.504. The van der Waals surface area contributed by atoms with Gasteiger partial charge in [0.1, 0.15) is 24.2 Å². The standard InChI is InChI=1S/C24H32F2N4O4S/c1-17(2)14-27-24(32)18(3)29(15-19-10-12-20(25)13-11-19)23(31)16-30(35(33,34)28(4)5)22-9-7-6-8-21(22)26/h6-13,17-18H,14-16H2,1-5H3,(H,27,32)/t18-/m1/s1. The van der Waals surface area contributed by atoms with E-state index in [4.69, 9.17) is 0 Å². The first-order chi connectivity index (χ1) is 16.3. The Morgan fingerprint density at radius 3 is 2.11 bits per heavy atom. The Balaban J connectivity index is 2.44. The molecule has 1 N–H and O–H groups in total. The molecule has 2 amide bonds. The summed E-state index contributed by atoms with van der Waals surface area (Å²) in [5.41, 5.74) is 0.240. The summed E-state index contributed by atoms with van der Waals surface area (Å²) < 4.78 is 55.5. The zero-order chi connectivity index (χ0) is 26.3. The molecule has 0 aliphatic heterocycles. The minimum atomic E-state index is -4.26. The monoisotopic (exact) mass is 510 g/mol. The zero-order valence-electron chi connectivity index (χ0n) is 20.5. The minimum Gasteiger partial charge on any atom is -0.354 e. The second-order valence-electron chi connectivity index (χ2n) is 8.71. The molecule has 0 heterocycles. The van der Waals surface area contributed by atoms with Crippen molar-refractivity contribution >= 4 is 27.7 Å². The van der Waals surface area contributed by atoms with Gasteiger partial charge in [0.15, 0.2) is 0 Å². The lowest BCUT2D eigenvalue weighted by Gasteiger charge is -2.33. The van der Waals surface area contributed by atoms with Gasteiger partial charge in [-0.25, -0.2) is 13.1 Å². The summed E-state index contributed by atoms with van der Waals surface area (Å²) in [6, 6.07) is 9.63. The van der Waals surface area contributed by atoms with E-state index in [0.717, 1.165) is 10.4 Å². The van der Waals surface area contributed by atoms with Crippen LogP contribution < -0.4 is 9.62 Å². The average Bonchev–Trinajstić information content (AvgIpc) is 2.80. The van der Waals surface area contributed by atoms with E-state index in [2.05, 4.69) is 5.32 Å². The predicted octanol–water partition coefficient (Wildman–Crippen LogP) is 2.77. The first kappa shape index (κ1) is 28.2. The third-order valence-corrected chi connectivity index (χ3v) is 7.06. The SMILES string of the molecule is CC(C)CNC(=O)[C@@H](C)N(Cc1ccc(F)cc1)C(=O)CN(c1ccccc1F)S(=O)(=O)N(C)C. The van der Waals surface area contributed by atoms with E-state index in [9.17, 15) is 26.8 Å². The van der Waals surface area contributed by atoms with Crippen molar-refractivity contribution in [2.45, 2.75) is 33.4 Å². The van der Waals surface area contributed by atoms with Gasteiger partial charge in [0.2, 0.25) is 11.8 Å². The molecule has 35 heavy (non-hydrogen) atoms. The number of carbonyl (C=O) groups is 2. The Morgan fingerprint density at radius 2 is 1.57 bits per heavy atom. The van der Waals surface area contributed by atoms with Crippen LogP contribution >= 0.6 is 0 Å². The predicted molar refractivity (Wildman–Crippen MR) is 131 cm³/mol. The van der Waals surface area contributed by atoms with Gasteiger partial charge >= 0.3 is 10.2 Å². The first-order valence-corrected chi connectivity index (χ1v) is 12.5. The van der Waals surface area contributed by atoms with Crippen molar-refractivity contribution in [1.29, 1.82) is 0 Å². The van der Waals surface area contributed by atoms with Crippen LogP contribution in [-0.4, -0.2) is 62.7 Å². The Bertz CT molecular complexity index is 1120. The lowest BCUT2D eigenvalue weighted by Crippen LogP contribution is -2.52. The van der Waals surface area contributed by atoms with Gasteiger partial charge in [-0.3, -0.25) is 9.59 Å². The van der Waals surface area contributed by atoms with Crippen LogP contribution in [0, 0.1) is 17.6 Å². The molecule has 0 bridgehead atoms. The van der Waals surface area contributed by atoms with Crippen LogP contribution in [0.15, 0.2) is 48.5 Å². The number of hydrogen-bond donors (Lipinski definition) is 1. The van der Waals surface area contributed by atoms with Gasteiger partial charge in [0.05, 0.1) is 5.69 Å². The van der Waals surface area contributed by atoms with Crippen LogP contribution in [0.2, 0.25) is 0 Å². The van der Waals surface area contributed by atoms with E-state index >= 15 is 0 Å². The van der Waals surface area contributed by atoms with Crippen molar-refractivity contribution in [2.75, 3.05) is 31.5 Å². The topological polar surface area (TPSA) is 90.0 Å². The summed E-state index contributed by atoms with van der Waals surface area (Å²) in [5.74, 6) is -2.26. The van der Waals surface area contributed by atoms with Crippen molar-refractivity contribution in [3.05, 3.63) is 65.7 Å². The van der Waals surface area contributed by atoms with Gasteiger partial charge in [-0.15, -0.1) is 0 Å². The van der Waals surface area contributed by atoms with E-state index in [-0.39, 0.29) is 18.2 Å². The van der Waals surface area contributed by atoms with Crippen LogP contribution in [-0.2, 0) is 26.3 Å². The summed E-state index contributed by atoms with van der Waals surface area (Å²) in [6.07, 6.45) is 0. The number of para-hydroxylation sites is 1. The number of nitrogens with zero attached hydrogens (tertiary/aromatic N) is 3. The molecule has 1 atom stereocenters. The Kier molecular flexibility index (Phi) is 9.73. The smallest absolute Gasteiger partial charge is 0.304 e. The maximum absolute atomic E-state index is 14.6. The first-order valence-electron chi connectivity index (χ1n) is 11.1. The number of amides is 2. The number of rotatable bonds is 11. The van der Waals surface area contributed by atoms with Crippen LogP contribution in [0.5, 0.6) is 0 Å². The number of hydrogen-bond acceptors (Lipinski definition) is 4. The molecule has 8 nitrogen and oxygen atoms in total. The molecule has 0 aliphatic carbocycles. The molecule has 2 aromatic carbocycles. The fourth-order valence-electron chi connectivity index (χ4n) is 3.18. The van der Waals surface area contributed by atoms with E-state index in [1.54, 1.807) is 0 Å². The van der Waals surface area contributed by atoms with Gasteiger partial charge in [0.25, 0.3) is 0 Å². The van der Waals surface area contributed by atoms with Crippen molar-refractivity contribution in [3.8, 4) is 0 Å². The Morgan fingerprint density at radius 1 is 0.971 bits per heavy atom. The van der Waals surface area contributed by atoms with Gasteiger partial charge in [-0.1, -0.05) is 38.1 Å². The lowest BCUT2D eigenvalue weighted by molar-refractivity contribution is -0.139. The molecule has 192 valence electrons. The number of nitrogens with one attached hydrogen (secondary N) is 1. The number of anilines is 1. The fraction of sp³-hybridized carbons (Fsp3) is 0.417. The molecule has 11 heteroatoms. The van der Waals surface area contributed by atoms with E-state index in [1.807, 2.05) is 13.8 Å². The lowest BCUT2D eigenvalue weighted by atomic mass is 10.1. The normalized spacial score (nSPS) is 12.5. The van der Waals surface area contributed by atoms with Crippen molar-refractivity contribution in [1.82, 2.24) is 14.5 Å². The highest BCUT2D eigenvalue weighted by molar-refractivity contribution is 7.90. The second kappa shape index (κ2) is 12.1. The molecule has 0 aromatic heterocycles. The summed E-state index contributed by atoms with van der Waals surface area (Å²) in [5, 5.41) is 2.76. The molecule has 0 unspecified atom stereocenters. The van der Waals surface area contributed by atoms with Crippen molar-refractivity contribution < 1.29 is 26.8 Å². The Hall–Kier alpha value is -3.05. The van der Waals surface area contributed by atoms with Crippen LogP contribution in [0.1, 0.15) is 26.3 Å². The highest BCUT2D eigenvalue weighted by Crippen LogP contribution is 2.24.